The first-order valence-electron chi connectivity index (χ1n) is 7.49. The highest BCUT2D eigenvalue weighted by atomic mass is 16.5. The predicted octanol–water partition coefficient (Wildman–Crippen LogP) is 1.97. The van der Waals surface area contributed by atoms with Gasteiger partial charge in [-0.2, -0.15) is 0 Å². The zero-order valence-corrected chi connectivity index (χ0v) is 12.4. The van der Waals surface area contributed by atoms with Crippen molar-refractivity contribution in [1.29, 1.82) is 0 Å². The highest BCUT2D eigenvalue weighted by Crippen LogP contribution is 2.24. The third-order valence-corrected chi connectivity index (χ3v) is 3.75. The van der Waals surface area contributed by atoms with E-state index in [0.29, 0.717) is 5.75 Å². The maximum absolute atomic E-state index is 11.7. The van der Waals surface area contributed by atoms with Gasteiger partial charge in [0.25, 0.3) is 5.91 Å². The molecule has 1 aliphatic rings. The SMILES string of the molecule is CCc1ccc(OCC(=O)NNC(=O)C2CCCC2)cc1. The van der Waals surface area contributed by atoms with E-state index in [9.17, 15) is 9.59 Å². The molecule has 1 saturated carbocycles. The fourth-order valence-corrected chi connectivity index (χ4v) is 2.43. The van der Waals surface area contributed by atoms with Crippen LogP contribution in [-0.2, 0) is 16.0 Å². The van der Waals surface area contributed by atoms with Crippen molar-refractivity contribution in [3.8, 4) is 5.75 Å². The molecule has 2 N–H and O–H groups in total. The number of rotatable bonds is 5. The molecule has 1 aromatic carbocycles. The quantitative estimate of drug-likeness (QED) is 0.815. The first kappa shape index (κ1) is 15.4. The number of hydrogen-bond acceptors (Lipinski definition) is 3. The Hall–Kier alpha value is -2.04. The number of ether oxygens (including phenoxy) is 1. The van der Waals surface area contributed by atoms with Crippen LogP contribution in [0.15, 0.2) is 24.3 Å². The van der Waals surface area contributed by atoms with Crippen LogP contribution >= 0.6 is 0 Å². The van der Waals surface area contributed by atoms with Crippen LogP contribution in [-0.4, -0.2) is 18.4 Å². The molecule has 0 aromatic heterocycles. The molecule has 0 unspecified atom stereocenters. The van der Waals surface area contributed by atoms with Crippen molar-refractivity contribution in [2.45, 2.75) is 39.0 Å². The molecule has 0 radical (unpaired) electrons. The third kappa shape index (κ3) is 4.77. The number of aryl methyl sites for hydroxylation is 1. The van der Waals surface area contributed by atoms with Crippen LogP contribution in [0.5, 0.6) is 5.75 Å². The first-order valence-corrected chi connectivity index (χ1v) is 7.49. The molecule has 0 spiro atoms. The summed E-state index contributed by atoms with van der Waals surface area (Å²) >= 11 is 0. The van der Waals surface area contributed by atoms with Gasteiger partial charge in [0.15, 0.2) is 6.61 Å². The van der Waals surface area contributed by atoms with Crippen LogP contribution < -0.4 is 15.6 Å². The average molecular weight is 290 g/mol. The lowest BCUT2D eigenvalue weighted by atomic mass is 10.1. The molecule has 1 fully saturated rings. The molecule has 5 heteroatoms. The van der Waals surface area contributed by atoms with Gasteiger partial charge in [-0.25, -0.2) is 0 Å². The van der Waals surface area contributed by atoms with Crippen LogP contribution in [0.1, 0.15) is 38.2 Å². The van der Waals surface area contributed by atoms with Crippen molar-refractivity contribution in [2.24, 2.45) is 5.92 Å². The highest BCUT2D eigenvalue weighted by Gasteiger charge is 2.22. The largest absolute Gasteiger partial charge is 0.484 e. The predicted molar refractivity (Wildman–Crippen MR) is 79.6 cm³/mol. The van der Waals surface area contributed by atoms with Crippen LogP contribution in [0.2, 0.25) is 0 Å². The lowest BCUT2D eigenvalue weighted by molar-refractivity contribution is -0.132. The Morgan fingerprint density at radius 2 is 1.81 bits per heavy atom. The van der Waals surface area contributed by atoms with E-state index in [0.717, 1.165) is 32.1 Å². The molecule has 0 atom stereocenters. The summed E-state index contributed by atoms with van der Waals surface area (Å²) in [6.45, 7) is 1.97. The van der Waals surface area contributed by atoms with E-state index in [1.165, 1.54) is 5.56 Å². The van der Waals surface area contributed by atoms with E-state index in [1.807, 2.05) is 24.3 Å². The number of amides is 2. The Morgan fingerprint density at radius 3 is 2.43 bits per heavy atom. The number of hydrogen-bond donors (Lipinski definition) is 2. The van der Waals surface area contributed by atoms with E-state index in [2.05, 4.69) is 17.8 Å². The van der Waals surface area contributed by atoms with Gasteiger partial charge in [-0.05, 0) is 37.0 Å². The van der Waals surface area contributed by atoms with E-state index in [-0.39, 0.29) is 24.3 Å². The second-order valence-electron chi connectivity index (χ2n) is 5.30. The fourth-order valence-electron chi connectivity index (χ4n) is 2.43. The highest BCUT2D eigenvalue weighted by molar-refractivity contribution is 5.84. The zero-order chi connectivity index (χ0) is 15.1. The normalized spacial score (nSPS) is 14.7. The molecule has 0 aliphatic heterocycles. The average Bonchev–Trinajstić information content (AvgIpc) is 3.05. The maximum atomic E-state index is 11.7. The number of carbonyl (C=O) groups is 2. The molecule has 21 heavy (non-hydrogen) atoms. The van der Waals surface area contributed by atoms with Gasteiger partial charge in [0.05, 0.1) is 0 Å². The standard InChI is InChI=1S/C16H22N2O3/c1-2-12-7-9-14(10-8-12)21-11-15(19)17-18-16(20)13-5-3-4-6-13/h7-10,13H,2-6,11H2,1H3,(H,17,19)(H,18,20). The van der Waals surface area contributed by atoms with Gasteiger partial charge < -0.3 is 4.74 Å². The number of nitrogens with one attached hydrogen (secondary N) is 2. The van der Waals surface area contributed by atoms with Gasteiger partial charge in [0.1, 0.15) is 5.75 Å². The second kappa shape index (κ2) is 7.67. The molecule has 2 rings (SSSR count). The van der Waals surface area contributed by atoms with Crippen molar-refractivity contribution in [1.82, 2.24) is 10.9 Å². The Morgan fingerprint density at radius 1 is 1.14 bits per heavy atom. The fraction of sp³-hybridized carbons (Fsp3) is 0.500. The Bertz CT molecular complexity index is 479. The van der Waals surface area contributed by atoms with E-state index < -0.39 is 0 Å². The van der Waals surface area contributed by atoms with Gasteiger partial charge in [-0.1, -0.05) is 31.9 Å². The van der Waals surface area contributed by atoms with Gasteiger partial charge in [0.2, 0.25) is 5.91 Å². The molecule has 1 aromatic rings. The van der Waals surface area contributed by atoms with Crippen molar-refractivity contribution in [3.63, 3.8) is 0 Å². The van der Waals surface area contributed by atoms with Crippen LogP contribution in [0.4, 0.5) is 0 Å². The summed E-state index contributed by atoms with van der Waals surface area (Å²) in [7, 11) is 0. The first-order chi connectivity index (χ1) is 10.2. The smallest absolute Gasteiger partial charge is 0.276 e. The van der Waals surface area contributed by atoms with Gasteiger partial charge in [-0.3, -0.25) is 20.4 Å². The molecular formula is C16H22N2O3. The Kier molecular flexibility index (Phi) is 5.60. The van der Waals surface area contributed by atoms with Crippen molar-refractivity contribution in [2.75, 3.05) is 6.61 Å². The Balaban J connectivity index is 1.67. The summed E-state index contributed by atoms with van der Waals surface area (Å²) in [6, 6.07) is 7.61. The van der Waals surface area contributed by atoms with Crippen molar-refractivity contribution < 1.29 is 14.3 Å². The summed E-state index contributed by atoms with van der Waals surface area (Å²) in [5.74, 6) is 0.214. The lowest BCUT2D eigenvalue weighted by Gasteiger charge is -2.12. The minimum absolute atomic E-state index is 0.0350. The minimum atomic E-state index is -0.360. The number of hydrazine groups is 1. The number of carbonyl (C=O) groups excluding carboxylic acids is 2. The van der Waals surface area contributed by atoms with Crippen molar-refractivity contribution >= 4 is 11.8 Å². The minimum Gasteiger partial charge on any atom is -0.484 e. The summed E-state index contributed by atoms with van der Waals surface area (Å²) in [6.07, 6.45) is 4.95. The molecule has 0 bridgehead atoms. The maximum Gasteiger partial charge on any atom is 0.276 e. The van der Waals surface area contributed by atoms with Crippen LogP contribution in [0, 0.1) is 5.92 Å². The molecule has 114 valence electrons. The molecule has 5 nitrogen and oxygen atoms in total. The molecule has 1 aliphatic carbocycles. The molecule has 2 amide bonds. The second-order valence-corrected chi connectivity index (χ2v) is 5.30. The summed E-state index contributed by atoms with van der Waals surface area (Å²) in [5, 5.41) is 0. The van der Waals surface area contributed by atoms with Gasteiger partial charge in [-0.15, -0.1) is 0 Å². The Labute approximate surface area is 125 Å². The van der Waals surface area contributed by atoms with Crippen molar-refractivity contribution in [3.05, 3.63) is 29.8 Å². The van der Waals surface area contributed by atoms with E-state index in [4.69, 9.17) is 4.74 Å². The van der Waals surface area contributed by atoms with Gasteiger partial charge in [0, 0.05) is 5.92 Å². The summed E-state index contributed by atoms with van der Waals surface area (Å²) in [5.41, 5.74) is 6.07. The van der Waals surface area contributed by atoms with E-state index >= 15 is 0 Å². The molecule has 0 saturated heterocycles. The topological polar surface area (TPSA) is 67.4 Å². The lowest BCUT2D eigenvalue weighted by Crippen LogP contribution is -2.45. The summed E-state index contributed by atoms with van der Waals surface area (Å²) in [4.78, 5) is 23.3. The molecular weight excluding hydrogens is 268 g/mol. The monoisotopic (exact) mass is 290 g/mol. The molecule has 0 heterocycles. The van der Waals surface area contributed by atoms with Crippen LogP contribution in [0.25, 0.3) is 0 Å². The zero-order valence-electron chi connectivity index (χ0n) is 12.4. The third-order valence-electron chi connectivity index (χ3n) is 3.75. The number of benzene rings is 1. The summed E-state index contributed by atoms with van der Waals surface area (Å²) < 4.78 is 5.36. The van der Waals surface area contributed by atoms with E-state index in [1.54, 1.807) is 0 Å². The van der Waals surface area contributed by atoms with Gasteiger partial charge >= 0.3 is 0 Å². The van der Waals surface area contributed by atoms with Crippen LogP contribution in [0.3, 0.4) is 0 Å².